The van der Waals surface area contributed by atoms with Crippen LogP contribution in [0, 0.1) is 23.6 Å². The largest absolute Gasteiger partial charge is 0.496 e. The van der Waals surface area contributed by atoms with E-state index in [-0.39, 0.29) is 57.1 Å². The standard InChI is InChI=1S/C49H61FN2O10/c1-7-25-59-49-44(52(47(56)58-8-2)30-32-15-17-35(50)18-16-32)29-41(51-62-48(3,4)5)39-27-33(13-9-11-23-53)38(14-10-12-24-54)45(46(39)49)40-28-37(20-22-43(40)61-49)60-36-19-21-42(57-6)34(26-36)31-55/h7,15-22,26-28,31,33,38,44-46,53-54H,1,8-14,23-25,29-30H2,2-6H3. The molecule has 1 amide bonds. The van der Waals surface area contributed by atoms with E-state index in [0.717, 1.165) is 43.1 Å². The number of fused-ring (bicyclic) bond motifs is 2. The number of hydrogen-bond donors (Lipinski definition) is 2. The van der Waals surface area contributed by atoms with Crippen LogP contribution < -0.4 is 14.2 Å². The quantitative estimate of drug-likeness (QED) is 0.0488. The van der Waals surface area contributed by atoms with Crippen molar-refractivity contribution in [2.75, 3.05) is 33.5 Å². The summed E-state index contributed by atoms with van der Waals surface area (Å²) in [6, 6.07) is 15.8. The zero-order chi connectivity index (χ0) is 44.4. The number of oxime groups is 1. The third kappa shape index (κ3) is 10.3. The van der Waals surface area contributed by atoms with Crippen LogP contribution in [0.2, 0.25) is 0 Å². The van der Waals surface area contributed by atoms with Crippen LogP contribution in [0.15, 0.2) is 90.1 Å². The molecule has 2 N–H and O–H groups in total. The van der Waals surface area contributed by atoms with Crippen LogP contribution in [-0.4, -0.2) is 84.2 Å². The lowest BCUT2D eigenvalue weighted by Gasteiger charge is -2.60. The smallest absolute Gasteiger partial charge is 0.410 e. The Morgan fingerprint density at radius 3 is 2.39 bits per heavy atom. The summed E-state index contributed by atoms with van der Waals surface area (Å²) in [6.45, 7) is 11.9. The molecule has 0 bridgehead atoms. The molecule has 1 heterocycles. The highest BCUT2D eigenvalue weighted by molar-refractivity contribution is 6.03. The minimum atomic E-state index is -1.53. The molecule has 2 aliphatic carbocycles. The number of nitrogens with zero attached hydrogens (tertiary/aromatic N) is 2. The van der Waals surface area contributed by atoms with Crippen molar-refractivity contribution in [1.29, 1.82) is 0 Å². The lowest BCUT2D eigenvalue weighted by atomic mass is 9.55. The number of aldehydes is 1. The second-order valence-corrected chi connectivity index (χ2v) is 17.1. The molecule has 13 heteroatoms. The Labute approximate surface area is 364 Å². The van der Waals surface area contributed by atoms with Gasteiger partial charge in [-0.25, -0.2) is 9.18 Å². The fraction of sp³-hybridized carbons (Fsp3) is 0.490. The number of amides is 1. The Morgan fingerprint density at radius 1 is 1.02 bits per heavy atom. The van der Waals surface area contributed by atoms with Gasteiger partial charge < -0.3 is 38.7 Å². The van der Waals surface area contributed by atoms with E-state index >= 15 is 0 Å². The molecule has 1 saturated carbocycles. The maximum absolute atomic E-state index is 14.4. The summed E-state index contributed by atoms with van der Waals surface area (Å²) >= 11 is 0. The molecule has 0 aromatic heterocycles. The van der Waals surface area contributed by atoms with Gasteiger partial charge in [0.1, 0.15) is 40.5 Å². The summed E-state index contributed by atoms with van der Waals surface area (Å²) < 4.78 is 46.1. The van der Waals surface area contributed by atoms with E-state index in [4.69, 9.17) is 33.7 Å². The zero-order valence-electron chi connectivity index (χ0n) is 36.5. The number of rotatable bonds is 20. The van der Waals surface area contributed by atoms with Gasteiger partial charge in [0, 0.05) is 37.7 Å². The number of halogens is 1. The van der Waals surface area contributed by atoms with Gasteiger partial charge >= 0.3 is 6.09 Å². The van der Waals surface area contributed by atoms with Gasteiger partial charge in [-0.2, -0.15) is 0 Å². The zero-order valence-corrected chi connectivity index (χ0v) is 36.5. The molecule has 6 rings (SSSR count). The second kappa shape index (κ2) is 20.8. The van der Waals surface area contributed by atoms with Gasteiger partial charge in [-0.1, -0.05) is 42.3 Å². The minimum Gasteiger partial charge on any atom is -0.496 e. The number of ether oxygens (including phenoxy) is 5. The first-order valence-corrected chi connectivity index (χ1v) is 21.7. The topological polar surface area (TPSA) is 146 Å². The highest BCUT2D eigenvalue weighted by Gasteiger charge is 2.65. The summed E-state index contributed by atoms with van der Waals surface area (Å²) in [5.74, 6) is -0.928. The van der Waals surface area contributed by atoms with Crippen molar-refractivity contribution in [2.24, 2.45) is 22.9 Å². The minimum absolute atomic E-state index is 0.0117. The van der Waals surface area contributed by atoms with E-state index in [0.29, 0.717) is 52.7 Å². The van der Waals surface area contributed by atoms with Crippen molar-refractivity contribution in [1.82, 2.24) is 4.90 Å². The fourth-order valence-corrected chi connectivity index (χ4v) is 9.20. The molecule has 12 nitrogen and oxygen atoms in total. The van der Waals surface area contributed by atoms with Crippen molar-refractivity contribution in [3.63, 3.8) is 0 Å². The fourth-order valence-electron chi connectivity index (χ4n) is 9.20. The van der Waals surface area contributed by atoms with E-state index in [1.54, 1.807) is 54.3 Å². The van der Waals surface area contributed by atoms with Gasteiger partial charge in [0.15, 0.2) is 6.29 Å². The molecule has 1 fully saturated rings. The van der Waals surface area contributed by atoms with Crippen molar-refractivity contribution in [3.8, 4) is 23.0 Å². The lowest BCUT2D eigenvalue weighted by Crippen LogP contribution is -2.70. The highest BCUT2D eigenvalue weighted by Crippen LogP contribution is 2.62. The van der Waals surface area contributed by atoms with Gasteiger partial charge in [0.25, 0.3) is 0 Å². The number of allylic oxidation sites excluding steroid dienone is 1. The molecule has 0 spiro atoms. The molecule has 3 aromatic carbocycles. The molecule has 6 atom stereocenters. The average molecular weight is 857 g/mol. The maximum Gasteiger partial charge on any atom is 0.410 e. The Bertz CT molecular complexity index is 2080. The number of carbonyl (C=O) groups is 2. The van der Waals surface area contributed by atoms with Crippen molar-refractivity contribution in [2.45, 2.75) is 103 Å². The number of aliphatic hydroxyl groups is 2. The average Bonchev–Trinajstić information content (AvgIpc) is 3.25. The number of unbranched alkanes of at least 4 members (excludes halogenated alkanes) is 2. The molecule has 3 aliphatic rings. The Morgan fingerprint density at radius 2 is 1.73 bits per heavy atom. The third-order valence-electron chi connectivity index (χ3n) is 11.8. The second-order valence-electron chi connectivity index (χ2n) is 17.1. The molecular weight excluding hydrogens is 796 g/mol. The predicted molar refractivity (Wildman–Crippen MR) is 233 cm³/mol. The van der Waals surface area contributed by atoms with Gasteiger partial charge in [-0.05, 0) is 125 Å². The SMILES string of the molecule is C=CCOC12Oc3ccc(Oc4ccc(OC)c(C=O)c4)cc3C3C(CCCCO)C(CCCCO)C=C(C(=NOC(C)(C)C)CC1N(Cc1ccc(F)cc1)C(=O)OCC)C32. The number of benzene rings is 3. The third-order valence-corrected chi connectivity index (χ3v) is 11.8. The van der Waals surface area contributed by atoms with Crippen LogP contribution in [0.3, 0.4) is 0 Å². The molecule has 0 saturated heterocycles. The van der Waals surface area contributed by atoms with Crippen LogP contribution in [0.25, 0.3) is 0 Å². The number of methoxy groups -OCH3 is 1. The Kier molecular flexibility index (Phi) is 15.5. The molecule has 1 aliphatic heterocycles. The normalized spacial score (nSPS) is 23.3. The van der Waals surface area contributed by atoms with Crippen LogP contribution in [0.4, 0.5) is 9.18 Å². The van der Waals surface area contributed by atoms with E-state index in [1.165, 1.54) is 19.2 Å². The van der Waals surface area contributed by atoms with Gasteiger partial charge in [-0.3, -0.25) is 9.69 Å². The van der Waals surface area contributed by atoms with Crippen LogP contribution in [-0.2, 0) is 20.9 Å². The van der Waals surface area contributed by atoms with Crippen molar-refractivity contribution in [3.05, 3.63) is 107 Å². The molecular formula is C49H61FN2O10. The van der Waals surface area contributed by atoms with E-state index in [9.17, 15) is 24.2 Å². The number of carbonyl (C=O) groups excluding carboxylic acids is 2. The van der Waals surface area contributed by atoms with Crippen LogP contribution in [0.1, 0.15) is 100 Å². The first kappa shape index (κ1) is 46.3. The molecule has 3 aromatic rings. The summed E-state index contributed by atoms with van der Waals surface area (Å²) in [7, 11) is 1.50. The molecule has 334 valence electrons. The number of hydrogen-bond acceptors (Lipinski definition) is 11. The molecule has 6 unspecified atom stereocenters. The predicted octanol–water partition coefficient (Wildman–Crippen LogP) is 9.53. The van der Waals surface area contributed by atoms with Crippen molar-refractivity contribution < 1.29 is 52.7 Å². The summed E-state index contributed by atoms with van der Waals surface area (Å²) in [4.78, 5) is 34.1. The van der Waals surface area contributed by atoms with Crippen LogP contribution >= 0.6 is 0 Å². The number of aliphatic hydroxyl groups excluding tert-OH is 2. The molecule has 62 heavy (non-hydrogen) atoms. The lowest BCUT2D eigenvalue weighted by molar-refractivity contribution is -0.256. The van der Waals surface area contributed by atoms with Crippen LogP contribution in [0.5, 0.6) is 23.0 Å². The van der Waals surface area contributed by atoms with E-state index < -0.39 is 35.3 Å². The Balaban J connectivity index is 1.61. The van der Waals surface area contributed by atoms with Gasteiger partial charge in [0.2, 0.25) is 5.79 Å². The summed E-state index contributed by atoms with van der Waals surface area (Å²) in [5, 5.41) is 24.7. The summed E-state index contributed by atoms with van der Waals surface area (Å²) in [6.07, 6.45) is 8.50. The van der Waals surface area contributed by atoms with E-state index in [1.807, 2.05) is 32.9 Å². The monoisotopic (exact) mass is 856 g/mol. The van der Waals surface area contributed by atoms with E-state index in [2.05, 4.69) is 12.7 Å². The molecule has 0 radical (unpaired) electrons. The van der Waals surface area contributed by atoms with Gasteiger partial charge in [0.05, 0.1) is 37.5 Å². The Hall–Kier alpha value is -5.24. The summed E-state index contributed by atoms with van der Waals surface area (Å²) in [5.41, 5.74) is 2.73. The highest BCUT2D eigenvalue weighted by atomic mass is 19.1. The maximum atomic E-state index is 14.4. The first-order valence-electron chi connectivity index (χ1n) is 21.7. The first-order chi connectivity index (χ1) is 29.9. The van der Waals surface area contributed by atoms with Gasteiger partial charge in [-0.15, -0.1) is 6.58 Å². The van der Waals surface area contributed by atoms with Crippen molar-refractivity contribution >= 4 is 18.1 Å².